The number of hydrogen-bond donors (Lipinski definition) is 0. The van der Waals surface area contributed by atoms with Crippen molar-refractivity contribution in [3.63, 3.8) is 0 Å². The molecular formula is C17H23NO2. The van der Waals surface area contributed by atoms with Crippen LogP contribution in [0.2, 0.25) is 0 Å². The molecule has 0 N–H and O–H groups in total. The molecule has 0 aromatic heterocycles. The number of ether oxygens (including phenoxy) is 1. The Kier molecular flexibility index (Phi) is 4.06. The minimum Gasteiger partial charge on any atom is -0.371 e. The van der Waals surface area contributed by atoms with Crippen LogP contribution in [0.4, 0.5) is 0 Å². The van der Waals surface area contributed by atoms with Gasteiger partial charge in [-0.1, -0.05) is 37.1 Å². The number of carbonyl (C=O) groups excluding carboxylic acids is 1. The number of nitrogens with zero attached hydrogens (tertiary/aromatic N) is 1. The Hall–Kier alpha value is -1.35. The first kappa shape index (κ1) is 13.6. The molecule has 1 aromatic carbocycles. The van der Waals surface area contributed by atoms with E-state index >= 15 is 0 Å². The molecule has 1 unspecified atom stereocenters. The summed E-state index contributed by atoms with van der Waals surface area (Å²) < 4.78 is 5.89. The molecule has 1 aliphatic carbocycles. The van der Waals surface area contributed by atoms with E-state index in [9.17, 15) is 4.79 Å². The van der Waals surface area contributed by atoms with Gasteiger partial charge >= 0.3 is 0 Å². The lowest BCUT2D eigenvalue weighted by atomic mass is 9.98. The number of amides is 1. The minimum absolute atomic E-state index is 0.139. The lowest BCUT2D eigenvalue weighted by Gasteiger charge is -2.30. The van der Waals surface area contributed by atoms with E-state index in [4.69, 9.17) is 4.74 Å². The molecule has 3 heteroatoms. The van der Waals surface area contributed by atoms with Gasteiger partial charge in [-0.3, -0.25) is 4.79 Å². The smallest absolute Gasteiger partial charge is 0.225 e. The fourth-order valence-corrected chi connectivity index (χ4v) is 3.41. The lowest BCUT2D eigenvalue weighted by Crippen LogP contribution is -2.40. The SMILES string of the molecule is CN(CC1Cc2ccccc2CO1)C(=O)C1CCCC1. The van der Waals surface area contributed by atoms with Gasteiger partial charge in [-0.05, 0) is 24.0 Å². The van der Waals surface area contributed by atoms with Crippen molar-refractivity contribution >= 4 is 5.91 Å². The molecule has 1 aromatic rings. The third kappa shape index (κ3) is 2.88. The lowest BCUT2D eigenvalue weighted by molar-refractivity contribution is -0.136. The average Bonchev–Trinajstić information content (AvgIpc) is 3.00. The van der Waals surface area contributed by atoms with Crippen molar-refractivity contribution < 1.29 is 9.53 Å². The Bertz CT molecular complexity index is 480. The number of fused-ring (bicyclic) bond motifs is 1. The van der Waals surface area contributed by atoms with Gasteiger partial charge in [0.2, 0.25) is 5.91 Å². The molecule has 1 atom stereocenters. The Morgan fingerprint density at radius 3 is 2.70 bits per heavy atom. The highest BCUT2D eigenvalue weighted by atomic mass is 16.5. The second-order valence-corrected chi connectivity index (χ2v) is 6.11. The summed E-state index contributed by atoms with van der Waals surface area (Å²) in [7, 11) is 1.92. The van der Waals surface area contributed by atoms with Crippen LogP contribution in [-0.4, -0.2) is 30.5 Å². The summed E-state index contributed by atoms with van der Waals surface area (Å²) in [6, 6.07) is 8.43. The molecular weight excluding hydrogens is 250 g/mol. The highest BCUT2D eigenvalue weighted by Crippen LogP contribution is 2.27. The van der Waals surface area contributed by atoms with Crippen LogP contribution < -0.4 is 0 Å². The van der Waals surface area contributed by atoms with Gasteiger partial charge in [0, 0.05) is 25.9 Å². The first-order valence-electron chi connectivity index (χ1n) is 7.67. The van der Waals surface area contributed by atoms with Gasteiger partial charge in [0.25, 0.3) is 0 Å². The Balaban J connectivity index is 1.57. The van der Waals surface area contributed by atoms with Crippen LogP contribution in [0.1, 0.15) is 36.8 Å². The molecule has 0 spiro atoms. The maximum absolute atomic E-state index is 12.3. The molecule has 1 fully saturated rings. The van der Waals surface area contributed by atoms with Gasteiger partial charge in [-0.25, -0.2) is 0 Å². The molecule has 0 bridgehead atoms. The Morgan fingerprint density at radius 1 is 1.25 bits per heavy atom. The van der Waals surface area contributed by atoms with Crippen LogP contribution in [-0.2, 0) is 22.6 Å². The van der Waals surface area contributed by atoms with Crippen molar-refractivity contribution in [3.05, 3.63) is 35.4 Å². The quantitative estimate of drug-likeness (QED) is 0.847. The van der Waals surface area contributed by atoms with Gasteiger partial charge in [0.1, 0.15) is 0 Å². The van der Waals surface area contributed by atoms with Crippen molar-refractivity contribution in [1.82, 2.24) is 4.90 Å². The predicted octanol–water partition coefficient (Wildman–Crippen LogP) is 2.78. The van der Waals surface area contributed by atoms with Gasteiger partial charge in [-0.15, -0.1) is 0 Å². The van der Waals surface area contributed by atoms with E-state index in [2.05, 4.69) is 24.3 Å². The first-order valence-corrected chi connectivity index (χ1v) is 7.67. The second-order valence-electron chi connectivity index (χ2n) is 6.11. The monoisotopic (exact) mass is 273 g/mol. The third-order valence-corrected chi connectivity index (χ3v) is 4.60. The molecule has 108 valence electrons. The maximum Gasteiger partial charge on any atom is 0.225 e. The van der Waals surface area contributed by atoms with Crippen molar-refractivity contribution in [3.8, 4) is 0 Å². The minimum atomic E-state index is 0.139. The summed E-state index contributed by atoms with van der Waals surface area (Å²) in [5.41, 5.74) is 2.65. The summed E-state index contributed by atoms with van der Waals surface area (Å²) in [5.74, 6) is 0.570. The summed E-state index contributed by atoms with van der Waals surface area (Å²) in [4.78, 5) is 14.2. The number of hydrogen-bond acceptors (Lipinski definition) is 2. The zero-order chi connectivity index (χ0) is 13.9. The van der Waals surface area contributed by atoms with Crippen LogP contribution in [0.15, 0.2) is 24.3 Å². The van der Waals surface area contributed by atoms with E-state index in [1.54, 1.807) is 0 Å². The summed E-state index contributed by atoms with van der Waals surface area (Å²) in [6.07, 6.45) is 5.60. The highest BCUT2D eigenvalue weighted by Gasteiger charge is 2.28. The zero-order valence-electron chi connectivity index (χ0n) is 12.2. The van der Waals surface area contributed by atoms with Crippen LogP contribution in [0.25, 0.3) is 0 Å². The number of benzene rings is 1. The summed E-state index contributed by atoms with van der Waals surface area (Å²) in [5, 5.41) is 0. The Morgan fingerprint density at radius 2 is 1.95 bits per heavy atom. The molecule has 1 amide bonds. The van der Waals surface area contributed by atoms with Gasteiger partial charge in [0.05, 0.1) is 12.7 Å². The van der Waals surface area contributed by atoms with Gasteiger partial charge < -0.3 is 9.64 Å². The molecule has 20 heavy (non-hydrogen) atoms. The standard InChI is InChI=1S/C17H23NO2/c1-18(17(19)13-6-2-3-7-13)11-16-10-14-8-4-5-9-15(14)12-20-16/h4-5,8-9,13,16H,2-3,6-7,10-12H2,1H3. The third-order valence-electron chi connectivity index (χ3n) is 4.60. The fraction of sp³-hybridized carbons (Fsp3) is 0.588. The molecule has 3 rings (SSSR count). The molecule has 2 aliphatic rings. The van der Waals surface area contributed by atoms with E-state index < -0.39 is 0 Å². The van der Waals surface area contributed by atoms with Gasteiger partial charge in [-0.2, -0.15) is 0 Å². The van der Waals surface area contributed by atoms with Crippen molar-refractivity contribution in [2.75, 3.05) is 13.6 Å². The summed E-state index contributed by atoms with van der Waals surface area (Å²) in [6.45, 7) is 1.38. The fourth-order valence-electron chi connectivity index (χ4n) is 3.41. The average molecular weight is 273 g/mol. The molecule has 1 aliphatic heterocycles. The molecule has 1 heterocycles. The molecule has 0 radical (unpaired) electrons. The highest BCUT2D eigenvalue weighted by molar-refractivity contribution is 5.78. The molecule has 1 saturated carbocycles. The van der Waals surface area contributed by atoms with E-state index in [1.165, 1.54) is 24.0 Å². The topological polar surface area (TPSA) is 29.5 Å². The van der Waals surface area contributed by atoms with Gasteiger partial charge in [0.15, 0.2) is 0 Å². The second kappa shape index (κ2) is 5.96. The number of carbonyl (C=O) groups is 1. The predicted molar refractivity (Wildman–Crippen MR) is 78.3 cm³/mol. The van der Waals surface area contributed by atoms with E-state index in [-0.39, 0.29) is 12.0 Å². The summed E-state index contributed by atoms with van der Waals surface area (Å²) >= 11 is 0. The van der Waals surface area contributed by atoms with E-state index in [0.717, 1.165) is 19.3 Å². The first-order chi connectivity index (χ1) is 9.74. The molecule has 0 saturated heterocycles. The van der Waals surface area contributed by atoms with E-state index in [1.807, 2.05) is 11.9 Å². The normalized spacial score (nSPS) is 22.6. The van der Waals surface area contributed by atoms with E-state index in [0.29, 0.717) is 19.1 Å². The van der Waals surface area contributed by atoms with Crippen LogP contribution >= 0.6 is 0 Å². The number of likely N-dealkylation sites (N-methyl/N-ethyl adjacent to an activating group) is 1. The van der Waals surface area contributed by atoms with Crippen LogP contribution in [0.5, 0.6) is 0 Å². The molecule has 3 nitrogen and oxygen atoms in total. The van der Waals surface area contributed by atoms with Crippen molar-refractivity contribution in [2.45, 2.75) is 44.8 Å². The zero-order valence-corrected chi connectivity index (χ0v) is 12.2. The van der Waals surface area contributed by atoms with Crippen molar-refractivity contribution in [2.24, 2.45) is 5.92 Å². The maximum atomic E-state index is 12.3. The van der Waals surface area contributed by atoms with Crippen LogP contribution in [0.3, 0.4) is 0 Å². The Labute approximate surface area is 120 Å². The number of rotatable bonds is 3. The largest absolute Gasteiger partial charge is 0.371 e. The van der Waals surface area contributed by atoms with Crippen molar-refractivity contribution in [1.29, 1.82) is 0 Å². The van der Waals surface area contributed by atoms with Crippen LogP contribution in [0, 0.1) is 5.92 Å².